The predicted octanol–water partition coefficient (Wildman–Crippen LogP) is 4.25. The van der Waals surface area contributed by atoms with Crippen LogP contribution in [0, 0.1) is 6.92 Å². The number of nitrogens with zero attached hydrogens (tertiary/aromatic N) is 1. The molecule has 0 radical (unpaired) electrons. The van der Waals surface area contributed by atoms with Crippen molar-refractivity contribution in [3.8, 4) is 22.6 Å². The molecule has 2 aromatic heterocycles. The van der Waals surface area contributed by atoms with Crippen molar-refractivity contribution >= 4 is 32.8 Å². The standard InChI is InChI=1S/C23H19N3O5S2/c1-14-13-25-23(32-14)22(28)26-17-9-16(15-7-8-24-21(27)11-15)10-19(12-17)31-18-3-5-20(6-4-18)33(2,29)30/h3-13H,1-2H3,(H,24,27)(H,26,28). The minimum Gasteiger partial charge on any atom is -0.457 e. The van der Waals surface area contributed by atoms with Crippen LogP contribution in [0.5, 0.6) is 11.5 Å². The number of ether oxygens (including phenoxy) is 1. The molecule has 0 bridgehead atoms. The molecule has 0 aliphatic carbocycles. The predicted molar refractivity (Wildman–Crippen MR) is 127 cm³/mol. The van der Waals surface area contributed by atoms with E-state index in [1.807, 2.05) is 6.92 Å². The molecule has 8 nitrogen and oxygen atoms in total. The van der Waals surface area contributed by atoms with Crippen LogP contribution in [-0.4, -0.2) is 30.5 Å². The summed E-state index contributed by atoms with van der Waals surface area (Å²) in [4.78, 5) is 32.2. The van der Waals surface area contributed by atoms with Crippen LogP contribution in [0.4, 0.5) is 5.69 Å². The number of rotatable bonds is 6. The quantitative estimate of drug-likeness (QED) is 0.425. The molecule has 0 unspecified atom stereocenters. The first-order valence-corrected chi connectivity index (χ1v) is 12.4. The highest BCUT2D eigenvalue weighted by atomic mass is 32.2. The molecule has 4 rings (SSSR count). The SMILES string of the molecule is Cc1cnc(C(=O)Nc2cc(Oc3ccc(S(C)(=O)=O)cc3)cc(-c3cc[nH]c(=O)c3)c2)s1. The molecule has 0 aliphatic heterocycles. The van der Waals surface area contributed by atoms with Gasteiger partial charge in [-0.15, -0.1) is 11.3 Å². The normalized spacial score (nSPS) is 11.2. The van der Waals surface area contributed by atoms with Gasteiger partial charge in [-0.05, 0) is 60.5 Å². The van der Waals surface area contributed by atoms with Gasteiger partial charge in [-0.3, -0.25) is 9.59 Å². The lowest BCUT2D eigenvalue weighted by Gasteiger charge is -2.12. The number of H-pyrrole nitrogens is 1. The van der Waals surface area contributed by atoms with E-state index in [1.165, 1.54) is 35.7 Å². The average Bonchev–Trinajstić information content (AvgIpc) is 3.20. The van der Waals surface area contributed by atoms with Gasteiger partial charge in [0.1, 0.15) is 11.5 Å². The van der Waals surface area contributed by atoms with E-state index < -0.39 is 9.84 Å². The van der Waals surface area contributed by atoms with Gasteiger partial charge in [-0.2, -0.15) is 0 Å². The fourth-order valence-electron chi connectivity index (χ4n) is 3.06. The molecule has 33 heavy (non-hydrogen) atoms. The fourth-order valence-corrected chi connectivity index (χ4v) is 4.35. The Morgan fingerprint density at radius 3 is 2.42 bits per heavy atom. The lowest BCUT2D eigenvalue weighted by molar-refractivity contribution is 0.102. The Balaban J connectivity index is 1.69. The van der Waals surface area contributed by atoms with E-state index in [4.69, 9.17) is 4.74 Å². The number of amides is 1. The molecule has 0 saturated heterocycles. The Morgan fingerprint density at radius 1 is 1.03 bits per heavy atom. The minimum absolute atomic E-state index is 0.179. The summed E-state index contributed by atoms with van der Waals surface area (Å²) in [5, 5.41) is 3.14. The number of thiazole rings is 1. The van der Waals surface area contributed by atoms with E-state index in [1.54, 1.807) is 42.6 Å². The molecule has 0 aliphatic rings. The van der Waals surface area contributed by atoms with Crippen LogP contribution in [-0.2, 0) is 9.84 Å². The van der Waals surface area contributed by atoms with E-state index in [9.17, 15) is 18.0 Å². The van der Waals surface area contributed by atoms with Crippen molar-refractivity contribution in [3.63, 3.8) is 0 Å². The van der Waals surface area contributed by atoms with Gasteiger partial charge in [0.25, 0.3) is 5.91 Å². The van der Waals surface area contributed by atoms with E-state index in [0.717, 1.165) is 11.1 Å². The highest BCUT2D eigenvalue weighted by Gasteiger charge is 2.13. The molecule has 0 spiro atoms. The summed E-state index contributed by atoms with van der Waals surface area (Å²) in [6, 6.07) is 14.3. The number of aromatic amines is 1. The van der Waals surface area contributed by atoms with Crippen molar-refractivity contribution in [3.05, 3.63) is 87.2 Å². The lowest BCUT2D eigenvalue weighted by Crippen LogP contribution is -2.11. The molecular formula is C23H19N3O5S2. The van der Waals surface area contributed by atoms with Crippen LogP contribution in [0.1, 0.15) is 14.7 Å². The summed E-state index contributed by atoms with van der Waals surface area (Å²) < 4.78 is 29.3. The molecular weight excluding hydrogens is 462 g/mol. The highest BCUT2D eigenvalue weighted by Crippen LogP contribution is 2.32. The van der Waals surface area contributed by atoms with E-state index in [0.29, 0.717) is 33.3 Å². The summed E-state index contributed by atoms with van der Waals surface area (Å²) in [6.45, 7) is 1.86. The Morgan fingerprint density at radius 2 is 1.79 bits per heavy atom. The molecule has 4 aromatic rings. The smallest absolute Gasteiger partial charge is 0.284 e. The maximum absolute atomic E-state index is 12.6. The highest BCUT2D eigenvalue weighted by molar-refractivity contribution is 7.90. The fraction of sp³-hybridized carbons (Fsp3) is 0.0870. The number of nitrogens with one attached hydrogen (secondary N) is 2. The zero-order valence-electron chi connectivity index (χ0n) is 17.7. The van der Waals surface area contributed by atoms with Gasteiger partial charge >= 0.3 is 0 Å². The number of anilines is 1. The summed E-state index contributed by atoms with van der Waals surface area (Å²) >= 11 is 1.28. The molecule has 0 fully saturated rings. The van der Waals surface area contributed by atoms with Crippen LogP contribution in [0.2, 0.25) is 0 Å². The third kappa shape index (κ3) is 5.54. The molecule has 2 N–H and O–H groups in total. The molecule has 0 saturated carbocycles. The van der Waals surface area contributed by atoms with Gasteiger partial charge in [-0.1, -0.05) is 0 Å². The van der Waals surface area contributed by atoms with Crippen molar-refractivity contribution in [1.82, 2.24) is 9.97 Å². The van der Waals surface area contributed by atoms with E-state index >= 15 is 0 Å². The maximum atomic E-state index is 12.6. The third-order valence-electron chi connectivity index (χ3n) is 4.58. The number of aryl methyl sites for hydroxylation is 1. The second-order valence-corrected chi connectivity index (χ2v) is 10.5. The van der Waals surface area contributed by atoms with Gasteiger partial charge in [0.05, 0.1) is 4.90 Å². The molecule has 1 amide bonds. The molecule has 0 atom stereocenters. The van der Waals surface area contributed by atoms with Crippen molar-refractivity contribution in [1.29, 1.82) is 0 Å². The number of aromatic nitrogens is 2. The maximum Gasteiger partial charge on any atom is 0.284 e. The molecule has 2 aromatic carbocycles. The lowest BCUT2D eigenvalue weighted by atomic mass is 10.1. The Labute approximate surface area is 193 Å². The largest absolute Gasteiger partial charge is 0.457 e. The van der Waals surface area contributed by atoms with Gasteiger partial charge in [0.15, 0.2) is 14.8 Å². The first-order chi connectivity index (χ1) is 15.7. The monoisotopic (exact) mass is 481 g/mol. The number of sulfone groups is 1. The van der Waals surface area contributed by atoms with Crippen molar-refractivity contribution in [2.24, 2.45) is 0 Å². The van der Waals surface area contributed by atoms with Gasteiger partial charge in [0, 0.05) is 41.3 Å². The second kappa shape index (κ2) is 9.00. The van der Waals surface area contributed by atoms with Crippen molar-refractivity contribution < 1.29 is 17.9 Å². The molecule has 2 heterocycles. The molecule has 10 heteroatoms. The number of carbonyl (C=O) groups excluding carboxylic acids is 1. The molecule has 168 valence electrons. The Bertz CT molecular complexity index is 1490. The van der Waals surface area contributed by atoms with Crippen LogP contribution >= 0.6 is 11.3 Å². The second-order valence-electron chi connectivity index (χ2n) is 7.26. The summed E-state index contributed by atoms with van der Waals surface area (Å²) in [5.74, 6) is 0.448. The number of benzene rings is 2. The van der Waals surface area contributed by atoms with Crippen LogP contribution in [0.25, 0.3) is 11.1 Å². The average molecular weight is 482 g/mol. The zero-order valence-corrected chi connectivity index (χ0v) is 19.3. The van der Waals surface area contributed by atoms with Crippen LogP contribution in [0.15, 0.2) is 76.7 Å². The van der Waals surface area contributed by atoms with E-state index in [2.05, 4.69) is 15.3 Å². The van der Waals surface area contributed by atoms with Gasteiger partial charge in [0.2, 0.25) is 5.56 Å². The van der Waals surface area contributed by atoms with Crippen molar-refractivity contribution in [2.45, 2.75) is 11.8 Å². The number of pyridine rings is 1. The first-order valence-electron chi connectivity index (χ1n) is 9.73. The number of carbonyl (C=O) groups is 1. The van der Waals surface area contributed by atoms with Crippen molar-refractivity contribution in [2.75, 3.05) is 11.6 Å². The van der Waals surface area contributed by atoms with Crippen LogP contribution in [0.3, 0.4) is 0 Å². The van der Waals surface area contributed by atoms with Crippen LogP contribution < -0.4 is 15.6 Å². The first kappa shape index (κ1) is 22.4. The summed E-state index contributed by atoms with van der Waals surface area (Å²) in [7, 11) is -3.32. The zero-order chi connectivity index (χ0) is 23.6. The van der Waals surface area contributed by atoms with E-state index in [-0.39, 0.29) is 16.4 Å². The van der Waals surface area contributed by atoms with Gasteiger partial charge in [-0.25, -0.2) is 13.4 Å². The Hall–Kier alpha value is -3.76. The summed E-state index contributed by atoms with van der Waals surface area (Å²) in [5.41, 5.74) is 1.47. The minimum atomic E-state index is -3.32. The van der Waals surface area contributed by atoms with Gasteiger partial charge < -0.3 is 15.0 Å². The topological polar surface area (TPSA) is 118 Å². The Kier molecular flexibility index (Phi) is 6.12. The number of hydrogen-bond acceptors (Lipinski definition) is 7. The third-order valence-corrected chi connectivity index (χ3v) is 6.62. The number of hydrogen-bond donors (Lipinski definition) is 2. The summed E-state index contributed by atoms with van der Waals surface area (Å²) in [6.07, 6.45) is 4.29.